The van der Waals surface area contributed by atoms with Gasteiger partial charge in [-0.1, -0.05) is 47.5 Å². The molecule has 4 rings (SSSR count). The van der Waals surface area contributed by atoms with Gasteiger partial charge in [-0.3, -0.25) is 19.7 Å². The van der Waals surface area contributed by atoms with E-state index in [-0.39, 0.29) is 23.7 Å². The molecule has 1 fully saturated rings. The van der Waals surface area contributed by atoms with E-state index >= 15 is 0 Å². The van der Waals surface area contributed by atoms with Crippen LogP contribution in [0.15, 0.2) is 72.3 Å². The lowest BCUT2D eigenvalue weighted by molar-refractivity contribution is -0.122. The van der Waals surface area contributed by atoms with Gasteiger partial charge in [-0.05, 0) is 54.1 Å². The summed E-state index contributed by atoms with van der Waals surface area (Å²) in [5.74, 6) is -1.51. The minimum Gasteiger partial charge on any atom is -0.493 e. The molecule has 9 nitrogen and oxygen atoms in total. The van der Waals surface area contributed by atoms with E-state index in [1.165, 1.54) is 31.4 Å². The van der Waals surface area contributed by atoms with E-state index in [1.54, 1.807) is 48.5 Å². The molecule has 0 radical (unpaired) electrons. The molecule has 1 aliphatic heterocycles. The SMILES string of the molecule is COc1cc(/C=C2/C(=O)NC(=O)N(c3ccccc3)C2=O)ccc1OCC(=O)Nc1ccc(Cl)c(Cl)c1. The van der Waals surface area contributed by atoms with Crippen molar-refractivity contribution in [2.75, 3.05) is 23.9 Å². The van der Waals surface area contributed by atoms with Crippen molar-refractivity contribution >= 4 is 64.4 Å². The second-order valence-electron chi connectivity index (χ2n) is 7.67. The molecule has 188 valence electrons. The Balaban J connectivity index is 1.49. The lowest BCUT2D eigenvalue weighted by atomic mass is 10.1. The molecule has 0 unspecified atom stereocenters. The number of nitrogens with zero attached hydrogens (tertiary/aromatic N) is 1. The number of benzene rings is 3. The van der Waals surface area contributed by atoms with Crippen molar-refractivity contribution in [3.63, 3.8) is 0 Å². The highest BCUT2D eigenvalue weighted by atomic mass is 35.5. The van der Waals surface area contributed by atoms with Gasteiger partial charge in [0, 0.05) is 5.69 Å². The lowest BCUT2D eigenvalue weighted by Crippen LogP contribution is -2.54. The summed E-state index contributed by atoms with van der Waals surface area (Å²) in [5.41, 5.74) is 0.977. The molecule has 0 aromatic heterocycles. The number of imide groups is 2. The Labute approximate surface area is 221 Å². The van der Waals surface area contributed by atoms with E-state index in [1.807, 2.05) is 0 Å². The summed E-state index contributed by atoms with van der Waals surface area (Å²) in [6.45, 7) is -0.327. The van der Waals surface area contributed by atoms with Gasteiger partial charge in [0.1, 0.15) is 5.57 Å². The summed E-state index contributed by atoms with van der Waals surface area (Å²) in [6, 6.07) is 16.7. The van der Waals surface area contributed by atoms with Crippen LogP contribution < -0.4 is 25.0 Å². The zero-order valence-corrected chi connectivity index (χ0v) is 20.8. The number of carbonyl (C=O) groups is 4. The van der Waals surface area contributed by atoms with Gasteiger partial charge in [0.05, 0.1) is 22.8 Å². The topological polar surface area (TPSA) is 114 Å². The number of nitrogens with one attached hydrogen (secondary N) is 2. The molecule has 0 atom stereocenters. The van der Waals surface area contributed by atoms with Gasteiger partial charge in [0.25, 0.3) is 17.7 Å². The maximum Gasteiger partial charge on any atom is 0.335 e. The molecule has 5 amide bonds. The number of hydrogen-bond acceptors (Lipinski definition) is 6. The summed E-state index contributed by atoms with van der Waals surface area (Å²) in [6.07, 6.45) is 1.34. The smallest absolute Gasteiger partial charge is 0.335 e. The van der Waals surface area contributed by atoms with Crippen LogP contribution in [0, 0.1) is 0 Å². The molecule has 1 heterocycles. The fourth-order valence-electron chi connectivity index (χ4n) is 3.44. The second kappa shape index (κ2) is 11.2. The van der Waals surface area contributed by atoms with E-state index in [0.29, 0.717) is 27.0 Å². The predicted octanol–water partition coefficient (Wildman–Crippen LogP) is 4.69. The molecule has 0 bridgehead atoms. The minimum atomic E-state index is -0.834. The Morgan fingerprint density at radius 3 is 2.43 bits per heavy atom. The zero-order chi connectivity index (χ0) is 26.5. The van der Waals surface area contributed by atoms with E-state index < -0.39 is 23.8 Å². The number of carbonyl (C=O) groups excluding carboxylic acids is 4. The number of amides is 5. The van der Waals surface area contributed by atoms with Crippen molar-refractivity contribution in [2.45, 2.75) is 0 Å². The summed E-state index contributed by atoms with van der Waals surface area (Å²) in [7, 11) is 1.41. The van der Waals surface area contributed by atoms with Gasteiger partial charge in [-0.25, -0.2) is 9.69 Å². The molecule has 11 heteroatoms. The monoisotopic (exact) mass is 539 g/mol. The zero-order valence-electron chi connectivity index (χ0n) is 19.3. The Kier molecular flexibility index (Phi) is 7.76. The van der Waals surface area contributed by atoms with Crippen LogP contribution in [0.4, 0.5) is 16.2 Å². The van der Waals surface area contributed by atoms with Gasteiger partial charge in [0.2, 0.25) is 0 Å². The molecule has 37 heavy (non-hydrogen) atoms. The molecular formula is C26H19Cl2N3O6. The number of halogens is 2. The van der Waals surface area contributed by atoms with Crippen LogP contribution in [0.2, 0.25) is 10.0 Å². The molecule has 0 aliphatic carbocycles. The van der Waals surface area contributed by atoms with Gasteiger partial charge in [0.15, 0.2) is 18.1 Å². The number of hydrogen-bond donors (Lipinski definition) is 2. The normalized spacial score (nSPS) is 14.4. The number of anilines is 2. The fraction of sp³-hybridized carbons (Fsp3) is 0.0769. The number of ether oxygens (including phenoxy) is 2. The Bertz CT molecular complexity index is 1430. The van der Waals surface area contributed by atoms with Crippen LogP contribution in [0.5, 0.6) is 11.5 Å². The van der Waals surface area contributed by atoms with Crippen LogP contribution >= 0.6 is 23.2 Å². The van der Waals surface area contributed by atoms with Gasteiger partial charge in [-0.15, -0.1) is 0 Å². The number of barbiturate groups is 1. The molecule has 2 N–H and O–H groups in total. The number of methoxy groups -OCH3 is 1. The average molecular weight is 540 g/mol. The highest BCUT2D eigenvalue weighted by molar-refractivity contribution is 6.42. The van der Waals surface area contributed by atoms with Gasteiger partial charge >= 0.3 is 6.03 Å². The summed E-state index contributed by atoms with van der Waals surface area (Å²) in [5, 5.41) is 5.48. The average Bonchev–Trinajstić information content (AvgIpc) is 2.88. The highest BCUT2D eigenvalue weighted by Gasteiger charge is 2.36. The Morgan fingerprint density at radius 2 is 1.73 bits per heavy atom. The summed E-state index contributed by atoms with van der Waals surface area (Å²) in [4.78, 5) is 50.9. The third-order valence-electron chi connectivity index (χ3n) is 5.18. The molecule has 0 saturated carbocycles. The van der Waals surface area contributed by atoms with Crippen molar-refractivity contribution in [2.24, 2.45) is 0 Å². The van der Waals surface area contributed by atoms with Crippen LogP contribution in [0.1, 0.15) is 5.56 Å². The maximum absolute atomic E-state index is 13.0. The quantitative estimate of drug-likeness (QED) is 0.332. The van der Waals surface area contributed by atoms with Gasteiger partial charge in [-0.2, -0.15) is 0 Å². The Hall–Kier alpha value is -4.34. The molecule has 3 aromatic rings. The number of rotatable bonds is 7. The van der Waals surface area contributed by atoms with Crippen molar-refractivity contribution in [3.8, 4) is 11.5 Å². The number of para-hydroxylation sites is 1. The van der Waals surface area contributed by atoms with Crippen LogP contribution in [-0.2, 0) is 14.4 Å². The van der Waals surface area contributed by atoms with Gasteiger partial charge < -0.3 is 14.8 Å². The molecule has 1 saturated heterocycles. The first kappa shape index (κ1) is 25.7. The third kappa shape index (κ3) is 5.91. The number of urea groups is 1. The largest absolute Gasteiger partial charge is 0.493 e. The fourth-order valence-corrected chi connectivity index (χ4v) is 3.74. The first-order valence-electron chi connectivity index (χ1n) is 10.8. The highest BCUT2D eigenvalue weighted by Crippen LogP contribution is 2.30. The first-order valence-corrected chi connectivity index (χ1v) is 11.5. The van der Waals surface area contributed by atoms with Crippen LogP contribution in [-0.4, -0.2) is 37.5 Å². The van der Waals surface area contributed by atoms with Crippen molar-refractivity contribution in [1.82, 2.24) is 5.32 Å². The predicted molar refractivity (Wildman–Crippen MR) is 139 cm³/mol. The summed E-state index contributed by atoms with van der Waals surface area (Å²) >= 11 is 11.8. The standard InChI is InChI=1S/C26H19Cl2N3O6/c1-36-22-12-15(7-10-21(22)37-14-23(32)29-16-8-9-19(27)20(28)13-16)11-18-24(33)30-26(35)31(25(18)34)17-5-3-2-4-6-17/h2-13H,14H2,1H3,(H,29,32)(H,30,33,35)/b18-11-. The molecule has 1 aliphatic rings. The van der Waals surface area contributed by atoms with E-state index in [9.17, 15) is 19.2 Å². The lowest BCUT2D eigenvalue weighted by Gasteiger charge is -2.26. The molecular weight excluding hydrogens is 521 g/mol. The van der Waals surface area contributed by atoms with E-state index in [4.69, 9.17) is 32.7 Å². The van der Waals surface area contributed by atoms with Crippen LogP contribution in [0.25, 0.3) is 6.08 Å². The first-order chi connectivity index (χ1) is 17.8. The van der Waals surface area contributed by atoms with Crippen molar-refractivity contribution in [3.05, 3.63) is 87.9 Å². The van der Waals surface area contributed by atoms with Crippen molar-refractivity contribution in [1.29, 1.82) is 0 Å². The van der Waals surface area contributed by atoms with E-state index in [0.717, 1.165) is 4.90 Å². The van der Waals surface area contributed by atoms with Crippen LogP contribution in [0.3, 0.4) is 0 Å². The van der Waals surface area contributed by atoms with E-state index in [2.05, 4.69) is 10.6 Å². The molecule has 3 aromatic carbocycles. The minimum absolute atomic E-state index is 0.236. The molecule has 0 spiro atoms. The maximum atomic E-state index is 13.0. The Morgan fingerprint density at radius 1 is 0.973 bits per heavy atom. The van der Waals surface area contributed by atoms with Crippen molar-refractivity contribution < 1.29 is 28.7 Å². The third-order valence-corrected chi connectivity index (χ3v) is 5.92. The second-order valence-corrected chi connectivity index (χ2v) is 8.48. The summed E-state index contributed by atoms with van der Waals surface area (Å²) < 4.78 is 10.9.